The van der Waals surface area contributed by atoms with Crippen LogP contribution in [0, 0.1) is 0 Å². The summed E-state index contributed by atoms with van der Waals surface area (Å²) in [6.45, 7) is 4.95. The van der Waals surface area contributed by atoms with Crippen LogP contribution in [0.15, 0.2) is 24.3 Å². The van der Waals surface area contributed by atoms with Gasteiger partial charge in [0.2, 0.25) is 5.91 Å². The first-order valence-electron chi connectivity index (χ1n) is 25.9. The molecule has 1 unspecified atom stereocenters. The smallest absolute Gasteiger partial charge is 0.220 e. The Kier molecular flexibility index (Phi) is 47.7. The number of carbonyl (C=O) groups excluding carboxylic acids is 2. The number of Topliss-reactive ketones (excluding diaryl/α,β-unsaturated/α-hetero) is 1. The molecule has 2 N–H and O–H groups in total. The number of aliphatic hydroxyl groups is 1. The Bertz CT molecular complexity index is 866. The molecular formula is C53H101NO3. The van der Waals surface area contributed by atoms with Crippen LogP contribution in [0.25, 0.3) is 0 Å². The van der Waals surface area contributed by atoms with Crippen LogP contribution in [0.1, 0.15) is 290 Å². The van der Waals surface area contributed by atoms with Crippen molar-refractivity contribution in [3.63, 3.8) is 0 Å². The lowest BCUT2D eigenvalue weighted by Crippen LogP contribution is -2.31. The molecule has 57 heavy (non-hydrogen) atoms. The van der Waals surface area contributed by atoms with Gasteiger partial charge in [-0.3, -0.25) is 9.59 Å². The van der Waals surface area contributed by atoms with Crippen molar-refractivity contribution in [1.29, 1.82) is 0 Å². The van der Waals surface area contributed by atoms with Gasteiger partial charge in [0.15, 0.2) is 0 Å². The standard InChI is InChI=1S/C53H101NO3/c1-3-5-7-9-11-13-15-17-19-21-23-28-32-36-40-44-48-52(56)50-54-53(57)49-45-41-37-33-29-25-24-27-31-35-39-43-47-51(55)46-42-38-34-30-26-22-20-18-16-14-12-10-8-6-4-2/h12,14,18,20,52,56H,3-11,13,15-17,19,21-50H2,1-2H3,(H,54,57)/b14-12-,20-18-. The molecule has 0 saturated carbocycles. The van der Waals surface area contributed by atoms with Crippen LogP contribution in [0.4, 0.5) is 0 Å². The molecule has 0 aromatic rings. The molecule has 0 aromatic heterocycles. The Morgan fingerprint density at radius 1 is 0.404 bits per heavy atom. The number of aliphatic hydroxyl groups excluding tert-OH is 1. The third-order valence-corrected chi connectivity index (χ3v) is 11.9. The zero-order chi connectivity index (χ0) is 41.4. The van der Waals surface area contributed by atoms with Gasteiger partial charge < -0.3 is 10.4 Å². The minimum atomic E-state index is -0.402. The molecule has 0 spiro atoms. The van der Waals surface area contributed by atoms with E-state index in [1.54, 1.807) is 0 Å². The average molecular weight is 800 g/mol. The van der Waals surface area contributed by atoms with Crippen LogP contribution >= 0.6 is 0 Å². The lowest BCUT2D eigenvalue weighted by Gasteiger charge is -2.12. The van der Waals surface area contributed by atoms with Crippen molar-refractivity contribution >= 4 is 11.7 Å². The summed E-state index contributed by atoms with van der Waals surface area (Å²) >= 11 is 0. The molecule has 0 aliphatic heterocycles. The normalized spacial score (nSPS) is 12.3. The van der Waals surface area contributed by atoms with Crippen LogP contribution in [0.3, 0.4) is 0 Å². The molecule has 336 valence electrons. The van der Waals surface area contributed by atoms with E-state index in [4.69, 9.17) is 0 Å². The van der Waals surface area contributed by atoms with Gasteiger partial charge in [0, 0.05) is 25.8 Å². The second-order valence-corrected chi connectivity index (χ2v) is 17.8. The van der Waals surface area contributed by atoms with Gasteiger partial charge in [0.05, 0.1) is 6.10 Å². The summed E-state index contributed by atoms with van der Waals surface area (Å²) in [4.78, 5) is 24.4. The predicted molar refractivity (Wildman–Crippen MR) is 252 cm³/mol. The summed E-state index contributed by atoms with van der Waals surface area (Å²) in [5.41, 5.74) is 0. The van der Waals surface area contributed by atoms with Crippen LogP contribution in [-0.2, 0) is 9.59 Å². The largest absolute Gasteiger partial charge is 0.391 e. The molecule has 0 radical (unpaired) electrons. The van der Waals surface area contributed by atoms with Crippen molar-refractivity contribution in [2.24, 2.45) is 0 Å². The van der Waals surface area contributed by atoms with Crippen molar-refractivity contribution in [3.05, 3.63) is 24.3 Å². The Morgan fingerprint density at radius 2 is 0.719 bits per heavy atom. The number of ketones is 1. The number of allylic oxidation sites excluding steroid dienone is 4. The number of rotatable bonds is 48. The Labute approximate surface area is 357 Å². The number of hydrogen-bond donors (Lipinski definition) is 2. The summed E-state index contributed by atoms with van der Waals surface area (Å²) < 4.78 is 0. The quantitative estimate of drug-likeness (QED) is 0.0476. The van der Waals surface area contributed by atoms with Crippen molar-refractivity contribution < 1.29 is 14.7 Å². The summed E-state index contributed by atoms with van der Waals surface area (Å²) in [6, 6.07) is 0. The van der Waals surface area contributed by atoms with E-state index in [1.165, 1.54) is 212 Å². The number of amides is 1. The topological polar surface area (TPSA) is 66.4 Å². The van der Waals surface area contributed by atoms with E-state index in [0.717, 1.165) is 57.8 Å². The van der Waals surface area contributed by atoms with E-state index >= 15 is 0 Å². The molecule has 0 aliphatic rings. The minimum Gasteiger partial charge on any atom is -0.391 e. The molecule has 0 saturated heterocycles. The maximum absolute atomic E-state index is 12.2. The molecule has 0 aliphatic carbocycles. The summed E-state index contributed by atoms with van der Waals surface area (Å²) in [5.74, 6) is 0.582. The van der Waals surface area contributed by atoms with E-state index in [-0.39, 0.29) is 5.91 Å². The first-order chi connectivity index (χ1) is 28.1. The Balaban J connectivity index is 3.32. The molecule has 0 rings (SSSR count). The number of nitrogens with one attached hydrogen (secondary N) is 1. The monoisotopic (exact) mass is 800 g/mol. The summed E-state index contributed by atoms with van der Waals surface area (Å²) in [7, 11) is 0. The van der Waals surface area contributed by atoms with Gasteiger partial charge in [-0.05, 0) is 57.8 Å². The molecular weight excluding hydrogens is 699 g/mol. The first kappa shape index (κ1) is 55.6. The third kappa shape index (κ3) is 48.8. The summed E-state index contributed by atoms with van der Waals surface area (Å²) in [5, 5.41) is 13.2. The van der Waals surface area contributed by atoms with Crippen LogP contribution in [-0.4, -0.2) is 29.4 Å². The van der Waals surface area contributed by atoms with E-state index < -0.39 is 6.10 Å². The molecule has 0 bridgehead atoms. The highest BCUT2D eigenvalue weighted by atomic mass is 16.3. The van der Waals surface area contributed by atoms with Crippen molar-refractivity contribution in [2.45, 2.75) is 296 Å². The maximum atomic E-state index is 12.2. The highest BCUT2D eigenvalue weighted by Gasteiger charge is 2.07. The maximum Gasteiger partial charge on any atom is 0.220 e. The van der Waals surface area contributed by atoms with Gasteiger partial charge in [-0.15, -0.1) is 0 Å². The van der Waals surface area contributed by atoms with Crippen LogP contribution in [0.2, 0.25) is 0 Å². The van der Waals surface area contributed by atoms with Crippen LogP contribution in [0.5, 0.6) is 0 Å². The minimum absolute atomic E-state index is 0.0994. The molecule has 4 nitrogen and oxygen atoms in total. The first-order valence-corrected chi connectivity index (χ1v) is 25.9. The second-order valence-electron chi connectivity index (χ2n) is 17.8. The number of hydrogen-bond acceptors (Lipinski definition) is 3. The Morgan fingerprint density at radius 3 is 1.14 bits per heavy atom. The van der Waals surface area contributed by atoms with Crippen molar-refractivity contribution in [1.82, 2.24) is 5.32 Å². The predicted octanol–water partition coefficient (Wildman–Crippen LogP) is 17.0. The molecule has 0 fully saturated rings. The molecule has 4 heteroatoms. The lowest BCUT2D eigenvalue weighted by atomic mass is 10.0. The number of carbonyl (C=O) groups is 2. The van der Waals surface area contributed by atoms with Gasteiger partial charge in [0.25, 0.3) is 0 Å². The zero-order valence-electron chi connectivity index (χ0n) is 38.8. The summed E-state index contributed by atoms with van der Waals surface area (Å²) in [6.07, 6.45) is 62.0. The van der Waals surface area contributed by atoms with E-state index in [1.807, 2.05) is 0 Å². The third-order valence-electron chi connectivity index (χ3n) is 11.9. The number of unbranched alkanes of at least 4 members (excludes halogenated alkanes) is 34. The molecule has 0 heterocycles. The van der Waals surface area contributed by atoms with Gasteiger partial charge in [-0.25, -0.2) is 0 Å². The SMILES string of the molecule is CCCCC/C=C\C/C=C\CCCCCCCC(=O)CCCCCCCCCCCCCCC(=O)NCC(O)CCCCCCCCCCCCCCCCCC. The Hall–Kier alpha value is -1.42. The molecule has 1 amide bonds. The van der Waals surface area contributed by atoms with Gasteiger partial charge in [-0.2, -0.15) is 0 Å². The van der Waals surface area contributed by atoms with Crippen molar-refractivity contribution in [3.8, 4) is 0 Å². The highest BCUT2D eigenvalue weighted by Crippen LogP contribution is 2.16. The fraction of sp³-hybridized carbons (Fsp3) is 0.887. The zero-order valence-corrected chi connectivity index (χ0v) is 38.8. The van der Waals surface area contributed by atoms with Crippen molar-refractivity contribution in [2.75, 3.05) is 6.54 Å². The van der Waals surface area contributed by atoms with Gasteiger partial charge in [-0.1, -0.05) is 237 Å². The highest BCUT2D eigenvalue weighted by molar-refractivity contribution is 5.78. The lowest BCUT2D eigenvalue weighted by molar-refractivity contribution is -0.121. The second kappa shape index (κ2) is 48.9. The van der Waals surface area contributed by atoms with Gasteiger partial charge >= 0.3 is 0 Å². The molecule has 0 aromatic carbocycles. The average Bonchev–Trinajstić information content (AvgIpc) is 3.21. The van der Waals surface area contributed by atoms with Gasteiger partial charge in [0.1, 0.15) is 5.78 Å². The fourth-order valence-electron chi connectivity index (χ4n) is 7.98. The fourth-order valence-corrected chi connectivity index (χ4v) is 7.98. The molecule has 1 atom stereocenters. The van der Waals surface area contributed by atoms with E-state index in [9.17, 15) is 14.7 Å². The van der Waals surface area contributed by atoms with Crippen LogP contribution < -0.4 is 5.32 Å². The van der Waals surface area contributed by atoms with E-state index in [0.29, 0.717) is 18.7 Å². The van der Waals surface area contributed by atoms with E-state index in [2.05, 4.69) is 43.5 Å².